The summed E-state index contributed by atoms with van der Waals surface area (Å²) < 4.78 is 4.56. The highest BCUT2D eigenvalue weighted by molar-refractivity contribution is 5.85. The third-order valence-electron chi connectivity index (χ3n) is 2.80. The van der Waals surface area contributed by atoms with Crippen LogP contribution in [0.1, 0.15) is 58.3 Å². The molecule has 0 aromatic heterocycles. The van der Waals surface area contributed by atoms with Crippen LogP contribution < -0.4 is 11.5 Å². The van der Waals surface area contributed by atoms with Gasteiger partial charge in [0, 0.05) is 12.6 Å². The van der Waals surface area contributed by atoms with Crippen LogP contribution in [-0.2, 0) is 9.53 Å². The van der Waals surface area contributed by atoms with Crippen molar-refractivity contribution in [2.24, 2.45) is 11.5 Å². The lowest BCUT2D eigenvalue weighted by Crippen LogP contribution is -2.20. The summed E-state index contributed by atoms with van der Waals surface area (Å²) in [5, 5.41) is 0. The molecule has 0 saturated heterocycles. The lowest BCUT2D eigenvalue weighted by atomic mass is 9.98. The van der Waals surface area contributed by atoms with Gasteiger partial charge in [0.2, 0.25) is 0 Å². The van der Waals surface area contributed by atoms with Gasteiger partial charge in [-0.3, -0.25) is 4.79 Å². The topological polar surface area (TPSA) is 78.3 Å². The van der Waals surface area contributed by atoms with E-state index in [0.29, 0.717) is 25.6 Å². The van der Waals surface area contributed by atoms with Crippen molar-refractivity contribution in [1.29, 1.82) is 0 Å². The quantitative estimate of drug-likeness (QED) is 0.778. The Hall–Kier alpha value is -0.320. The zero-order chi connectivity index (χ0) is 12.9. The highest BCUT2D eigenvalue weighted by Gasteiger charge is 2.04. The fourth-order valence-corrected chi connectivity index (χ4v) is 1.84. The highest BCUT2D eigenvalue weighted by Crippen LogP contribution is 2.15. The molecule has 5 heteroatoms. The predicted molar refractivity (Wildman–Crippen MR) is 77.8 cm³/mol. The van der Waals surface area contributed by atoms with Crippen molar-refractivity contribution in [1.82, 2.24) is 0 Å². The summed E-state index contributed by atoms with van der Waals surface area (Å²) in [7, 11) is 0. The minimum atomic E-state index is -0.213. The monoisotopic (exact) mass is 280 g/mol. The van der Waals surface area contributed by atoms with Crippen molar-refractivity contribution in [3.8, 4) is 0 Å². The number of hydrogen-bond donors (Lipinski definition) is 2. The van der Waals surface area contributed by atoms with E-state index in [1.54, 1.807) is 6.92 Å². The SMILES string of the molecule is CCOC(=O)CCN.Cl.NC1CCCCCCC1. The molecular weight excluding hydrogens is 252 g/mol. The van der Waals surface area contributed by atoms with Crippen LogP contribution in [0.5, 0.6) is 0 Å². The van der Waals surface area contributed by atoms with Gasteiger partial charge in [0.05, 0.1) is 13.0 Å². The summed E-state index contributed by atoms with van der Waals surface area (Å²) in [5.41, 5.74) is 10.9. The summed E-state index contributed by atoms with van der Waals surface area (Å²) in [6, 6.07) is 0.519. The molecule has 1 aliphatic rings. The first-order valence-electron chi connectivity index (χ1n) is 6.82. The smallest absolute Gasteiger partial charge is 0.307 e. The molecule has 0 spiro atoms. The van der Waals surface area contributed by atoms with E-state index >= 15 is 0 Å². The zero-order valence-corrected chi connectivity index (χ0v) is 12.3. The van der Waals surface area contributed by atoms with Gasteiger partial charge in [-0.15, -0.1) is 12.4 Å². The van der Waals surface area contributed by atoms with Gasteiger partial charge in [-0.1, -0.05) is 32.1 Å². The van der Waals surface area contributed by atoms with Crippen molar-refractivity contribution in [3.63, 3.8) is 0 Å². The molecule has 18 heavy (non-hydrogen) atoms. The normalized spacial score (nSPS) is 16.4. The Morgan fingerprint density at radius 2 is 1.67 bits per heavy atom. The van der Waals surface area contributed by atoms with E-state index in [0.717, 1.165) is 0 Å². The Morgan fingerprint density at radius 1 is 1.17 bits per heavy atom. The Balaban J connectivity index is 0. The second kappa shape index (κ2) is 14.7. The predicted octanol–water partition coefficient (Wildman–Crippen LogP) is 2.38. The minimum absolute atomic E-state index is 0. The minimum Gasteiger partial charge on any atom is -0.466 e. The van der Waals surface area contributed by atoms with Crippen LogP contribution in [0.4, 0.5) is 0 Å². The van der Waals surface area contributed by atoms with Crippen LogP contribution in [-0.4, -0.2) is 25.2 Å². The molecule has 1 saturated carbocycles. The molecule has 4 N–H and O–H groups in total. The molecule has 0 heterocycles. The van der Waals surface area contributed by atoms with Gasteiger partial charge in [0.25, 0.3) is 0 Å². The van der Waals surface area contributed by atoms with Gasteiger partial charge in [0.1, 0.15) is 0 Å². The molecule has 0 aliphatic heterocycles. The maximum atomic E-state index is 10.3. The van der Waals surface area contributed by atoms with Crippen LogP contribution >= 0.6 is 12.4 Å². The molecule has 0 bridgehead atoms. The lowest BCUT2D eigenvalue weighted by molar-refractivity contribution is -0.142. The first kappa shape index (κ1) is 20.0. The summed E-state index contributed by atoms with van der Waals surface area (Å²) in [6.07, 6.45) is 9.84. The third kappa shape index (κ3) is 13.7. The third-order valence-corrected chi connectivity index (χ3v) is 2.80. The van der Waals surface area contributed by atoms with Crippen LogP contribution in [0.3, 0.4) is 0 Å². The van der Waals surface area contributed by atoms with E-state index in [2.05, 4.69) is 4.74 Å². The summed E-state index contributed by atoms with van der Waals surface area (Å²) in [5.74, 6) is -0.213. The number of esters is 1. The van der Waals surface area contributed by atoms with Crippen LogP contribution in [0.2, 0.25) is 0 Å². The summed E-state index contributed by atoms with van der Waals surface area (Å²) in [4.78, 5) is 10.3. The number of rotatable bonds is 3. The van der Waals surface area contributed by atoms with Crippen LogP contribution in [0, 0.1) is 0 Å². The first-order valence-corrected chi connectivity index (χ1v) is 6.82. The maximum absolute atomic E-state index is 10.3. The fraction of sp³-hybridized carbons (Fsp3) is 0.923. The van der Waals surface area contributed by atoms with E-state index in [1.807, 2.05) is 0 Å². The Kier molecular flexibility index (Phi) is 16.4. The molecule has 0 unspecified atom stereocenters. The largest absolute Gasteiger partial charge is 0.466 e. The molecule has 1 rings (SSSR count). The van der Waals surface area contributed by atoms with Gasteiger partial charge in [0.15, 0.2) is 0 Å². The second-order valence-corrected chi connectivity index (χ2v) is 4.45. The zero-order valence-electron chi connectivity index (χ0n) is 11.5. The number of carbonyl (C=O) groups excluding carboxylic acids is 1. The summed E-state index contributed by atoms with van der Waals surface area (Å²) in [6.45, 7) is 2.59. The molecule has 0 atom stereocenters. The molecular formula is C13H29ClN2O2. The number of nitrogens with two attached hydrogens (primary N) is 2. The number of carbonyl (C=O) groups is 1. The lowest BCUT2D eigenvalue weighted by Gasteiger charge is -2.13. The van der Waals surface area contributed by atoms with Gasteiger partial charge in [-0.2, -0.15) is 0 Å². The number of halogens is 1. The molecule has 0 aromatic rings. The van der Waals surface area contributed by atoms with E-state index in [-0.39, 0.29) is 18.4 Å². The van der Waals surface area contributed by atoms with Crippen molar-refractivity contribution >= 4 is 18.4 Å². The maximum Gasteiger partial charge on any atom is 0.307 e. The van der Waals surface area contributed by atoms with E-state index < -0.39 is 0 Å². The van der Waals surface area contributed by atoms with E-state index in [4.69, 9.17) is 11.5 Å². The summed E-state index contributed by atoms with van der Waals surface area (Å²) >= 11 is 0. The van der Waals surface area contributed by atoms with Crippen molar-refractivity contribution < 1.29 is 9.53 Å². The van der Waals surface area contributed by atoms with Gasteiger partial charge in [-0.25, -0.2) is 0 Å². The van der Waals surface area contributed by atoms with E-state index in [9.17, 15) is 4.79 Å². The Labute approximate surface area is 117 Å². The standard InChI is InChI=1S/C8H17N.C5H11NO2.ClH/c9-8-6-4-2-1-3-5-7-8;1-2-8-5(7)3-4-6;/h8H,1-7,9H2;2-4,6H2,1H3;1H. The van der Waals surface area contributed by atoms with Gasteiger partial charge < -0.3 is 16.2 Å². The average Bonchev–Trinajstić information content (AvgIpc) is 2.25. The van der Waals surface area contributed by atoms with Crippen LogP contribution in [0.25, 0.3) is 0 Å². The van der Waals surface area contributed by atoms with Gasteiger partial charge in [-0.05, 0) is 19.8 Å². The molecule has 110 valence electrons. The van der Waals surface area contributed by atoms with Crippen molar-refractivity contribution in [3.05, 3.63) is 0 Å². The van der Waals surface area contributed by atoms with Crippen LogP contribution in [0.15, 0.2) is 0 Å². The number of ether oxygens (including phenoxy) is 1. The van der Waals surface area contributed by atoms with E-state index in [1.165, 1.54) is 44.9 Å². The first-order chi connectivity index (χ1) is 8.20. The fourth-order valence-electron chi connectivity index (χ4n) is 1.84. The number of hydrogen-bond acceptors (Lipinski definition) is 4. The second-order valence-electron chi connectivity index (χ2n) is 4.45. The molecule has 1 aliphatic carbocycles. The highest BCUT2D eigenvalue weighted by atomic mass is 35.5. The van der Waals surface area contributed by atoms with Crippen molar-refractivity contribution in [2.45, 2.75) is 64.3 Å². The Morgan fingerprint density at radius 3 is 2.11 bits per heavy atom. The van der Waals surface area contributed by atoms with Crippen molar-refractivity contribution in [2.75, 3.05) is 13.2 Å². The molecule has 0 aromatic carbocycles. The molecule has 0 radical (unpaired) electrons. The average molecular weight is 281 g/mol. The molecule has 1 fully saturated rings. The molecule has 4 nitrogen and oxygen atoms in total. The van der Waals surface area contributed by atoms with Gasteiger partial charge >= 0.3 is 5.97 Å². The Bertz CT molecular complexity index is 176. The molecule has 0 amide bonds.